The number of aryl methyl sites for hydroxylation is 4. The van der Waals surface area contributed by atoms with E-state index in [1.807, 2.05) is 49.4 Å². The molecule has 0 heterocycles. The minimum Gasteiger partial charge on any atom is -0.504 e. The van der Waals surface area contributed by atoms with Crippen LogP contribution in [-0.2, 0) is 22.4 Å². The number of hydrogen-bond acceptors (Lipinski definition) is 5. The Bertz CT molecular complexity index is 1560. The van der Waals surface area contributed by atoms with E-state index in [4.69, 9.17) is 0 Å². The van der Waals surface area contributed by atoms with Crippen molar-refractivity contribution in [1.29, 1.82) is 0 Å². The first-order chi connectivity index (χ1) is 17.6. The van der Waals surface area contributed by atoms with Crippen molar-refractivity contribution in [1.82, 2.24) is 0 Å². The number of phenolic OH excluding ortho intramolecular Hbond substituents is 3. The van der Waals surface area contributed by atoms with E-state index in [9.17, 15) is 24.3 Å². The van der Waals surface area contributed by atoms with Crippen molar-refractivity contribution in [3.05, 3.63) is 107 Å². The second-order valence-electron chi connectivity index (χ2n) is 9.03. The third-order valence-electron chi connectivity index (χ3n) is 6.34. The lowest BCUT2D eigenvalue weighted by molar-refractivity contribution is 0.102. The van der Waals surface area contributed by atoms with E-state index < -0.39 is 32.7 Å². The number of phenols is 3. The molecule has 0 saturated heterocycles. The Balaban J connectivity index is 1.63. The molecule has 1 amide bonds. The van der Waals surface area contributed by atoms with Crippen LogP contribution in [0.25, 0.3) is 0 Å². The zero-order valence-electron chi connectivity index (χ0n) is 20.7. The average Bonchev–Trinajstić information content (AvgIpc) is 2.89. The molecule has 190 valence electrons. The Hall–Kier alpha value is -4.23. The lowest BCUT2D eigenvalue weighted by Gasteiger charge is -2.16. The molecule has 0 bridgehead atoms. The SMILES string of the molecule is C=S(=O)(c1ccc(C)cc1)c1ccc(C)c(NC(=O)c2cc(CCc3ccccc3)c(O)c(O)c2O)c1. The zero-order chi connectivity index (χ0) is 26.7. The molecule has 0 aliphatic carbocycles. The molecule has 6 nitrogen and oxygen atoms in total. The number of hydrogen-bond donors (Lipinski definition) is 4. The molecule has 0 fully saturated rings. The molecule has 0 spiro atoms. The van der Waals surface area contributed by atoms with E-state index >= 15 is 0 Å². The van der Waals surface area contributed by atoms with Gasteiger partial charge in [-0.15, -0.1) is 0 Å². The number of amides is 1. The van der Waals surface area contributed by atoms with E-state index in [0.29, 0.717) is 39.4 Å². The van der Waals surface area contributed by atoms with Crippen molar-refractivity contribution < 1.29 is 24.3 Å². The number of aromatic hydroxyl groups is 3. The van der Waals surface area contributed by atoms with E-state index in [1.54, 1.807) is 37.3 Å². The van der Waals surface area contributed by atoms with E-state index in [0.717, 1.165) is 11.1 Å². The standard InChI is InChI=1S/C30H29NO5S/c1-19-9-14-23(15-10-19)37(3,36)24-16-11-20(2)26(18-24)31-30(35)25-17-22(27(32)29(34)28(25)33)13-12-21-7-5-4-6-8-21/h4-11,14-18,32-34H,3,12-13H2,1-2H3,(H,31,35). The number of anilines is 1. The van der Waals surface area contributed by atoms with Crippen LogP contribution in [0, 0.1) is 13.8 Å². The first-order valence-electron chi connectivity index (χ1n) is 11.7. The highest BCUT2D eigenvalue weighted by Crippen LogP contribution is 2.41. The third kappa shape index (κ3) is 5.47. The molecule has 0 aliphatic rings. The molecule has 37 heavy (non-hydrogen) atoms. The van der Waals surface area contributed by atoms with Gasteiger partial charge in [0.25, 0.3) is 5.91 Å². The number of nitrogens with one attached hydrogen (secondary N) is 1. The highest BCUT2D eigenvalue weighted by Gasteiger charge is 2.22. The number of benzene rings is 4. The zero-order valence-corrected chi connectivity index (χ0v) is 21.5. The highest BCUT2D eigenvalue weighted by molar-refractivity contribution is 8.00. The summed E-state index contributed by atoms with van der Waals surface area (Å²) in [7, 11) is -2.83. The molecule has 0 aromatic heterocycles. The topological polar surface area (TPSA) is 107 Å². The van der Waals surface area contributed by atoms with Gasteiger partial charge in [-0.05, 0) is 79.6 Å². The summed E-state index contributed by atoms with van der Waals surface area (Å²) in [6, 6.07) is 23.3. The van der Waals surface area contributed by atoms with Crippen molar-refractivity contribution in [2.75, 3.05) is 5.32 Å². The van der Waals surface area contributed by atoms with Gasteiger partial charge in [0.1, 0.15) is 0 Å². The summed E-state index contributed by atoms with van der Waals surface area (Å²) >= 11 is 0. The quantitative estimate of drug-likeness (QED) is 0.190. The van der Waals surface area contributed by atoms with Gasteiger partial charge in [0.05, 0.1) is 5.56 Å². The van der Waals surface area contributed by atoms with E-state index in [-0.39, 0.29) is 5.56 Å². The van der Waals surface area contributed by atoms with Crippen molar-refractivity contribution >= 4 is 27.0 Å². The maximum absolute atomic E-state index is 13.6. The van der Waals surface area contributed by atoms with Gasteiger partial charge in [0.15, 0.2) is 11.5 Å². The fourth-order valence-corrected chi connectivity index (χ4v) is 5.46. The van der Waals surface area contributed by atoms with Gasteiger partial charge in [-0.25, -0.2) is 0 Å². The van der Waals surface area contributed by atoms with Crippen LogP contribution in [0.15, 0.2) is 88.7 Å². The van der Waals surface area contributed by atoms with Crippen LogP contribution in [0.5, 0.6) is 17.2 Å². The predicted octanol–water partition coefficient (Wildman–Crippen LogP) is 5.59. The Morgan fingerprint density at radius 3 is 2.14 bits per heavy atom. The summed E-state index contributed by atoms with van der Waals surface area (Å²) in [5, 5.41) is 33.8. The number of rotatable bonds is 7. The van der Waals surface area contributed by atoms with Crippen molar-refractivity contribution in [2.24, 2.45) is 0 Å². The third-order valence-corrected chi connectivity index (χ3v) is 8.39. The van der Waals surface area contributed by atoms with Crippen molar-refractivity contribution in [3.8, 4) is 17.2 Å². The Morgan fingerprint density at radius 2 is 1.46 bits per heavy atom. The van der Waals surface area contributed by atoms with E-state index in [1.165, 1.54) is 6.07 Å². The number of carbonyl (C=O) groups excluding carboxylic acids is 1. The monoisotopic (exact) mass is 515 g/mol. The first kappa shape index (κ1) is 25.9. The molecule has 4 N–H and O–H groups in total. The molecule has 1 atom stereocenters. The van der Waals surface area contributed by atoms with Gasteiger partial charge in [-0.2, -0.15) is 0 Å². The van der Waals surface area contributed by atoms with Crippen LogP contribution in [0.4, 0.5) is 5.69 Å². The fraction of sp³-hybridized carbons (Fsp3) is 0.133. The minimum absolute atomic E-state index is 0.183. The van der Waals surface area contributed by atoms with Crippen LogP contribution >= 0.6 is 0 Å². The molecule has 7 heteroatoms. The lowest BCUT2D eigenvalue weighted by atomic mass is 9.99. The second-order valence-corrected chi connectivity index (χ2v) is 11.3. The largest absolute Gasteiger partial charge is 0.504 e. The molecule has 4 aromatic rings. The van der Waals surface area contributed by atoms with Gasteiger partial charge >= 0.3 is 0 Å². The van der Waals surface area contributed by atoms with E-state index in [2.05, 4.69) is 11.2 Å². The maximum Gasteiger partial charge on any atom is 0.259 e. The molecular formula is C30H29NO5S. The normalized spacial score (nSPS) is 12.6. The minimum atomic E-state index is -2.83. The molecule has 0 aliphatic heterocycles. The van der Waals surface area contributed by atoms with Gasteiger partial charge in [-0.1, -0.05) is 54.1 Å². The highest BCUT2D eigenvalue weighted by atomic mass is 32.2. The second kappa shape index (κ2) is 10.4. The van der Waals surface area contributed by atoms with Crippen LogP contribution < -0.4 is 5.32 Å². The predicted molar refractivity (Wildman–Crippen MR) is 147 cm³/mol. The van der Waals surface area contributed by atoms with Gasteiger partial charge in [-0.3, -0.25) is 9.00 Å². The maximum atomic E-state index is 13.6. The Kier molecular flexibility index (Phi) is 7.27. The van der Waals surface area contributed by atoms with Crippen LogP contribution in [0.1, 0.15) is 32.6 Å². The van der Waals surface area contributed by atoms with Crippen LogP contribution in [0.2, 0.25) is 0 Å². The van der Waals surface area contributed by atoms with Crippen LogP contribution in [-0.4, -0.2) is 31.3 Å². The molecule has 0 saturated carbocycles. The summed E-state index contributed by atoms with van der Waals surface area (Å²) in [5.41, 5.74) is 3.31. The van der Waals surface area contributed by atoms with Gasteiger partial charge < -0.3 is 20.6 Å². The molecule has 4 rings (SSSR count). The smallest absolute Gasteiger partial charge is 0.259 e. The Morgan fingerprint density at radius 1 is 0.811 bits per heavy atom. The van der Waals surface area contributed by atoms with Gasteiger partial charge in [0, 0.05) is 25.0 Å². The molecule has 4 aromatic carbocycles. The first-order valence-corrected chi connectivity index (χ1v) is 13.5. The summed E-state index contributed by atoms with van der Waals surface area (Å²) in [5.74, 6) is 1.35. The molecule has 0 radical (unpaired) electrons. The summed E-state index contributed by atoms with van der Waals surface area (Å²) in [6.07, 6.45) is 0.913. The van der Waals surface area contributed by atoms with Gasteiger partial charge in [0.2, 0.25) is 5.75 Å². The van der Waals surface area contributed by atoms with Crippen molar-refractivity contribution in [3.63, 3.8) is 0 Å². The molecular weight excluding hydrogens is 486 g/mol. The summed E-state index contributed by atoms with van der Waals surface area (Å²) in [6.45, 7) is 3.73. The average molecular weight is 516 g/mol. The van der Waals surface area contributed by atoms with Crippen molar-refractivity contribution in [2.45, 2.75) is 36.5 Å². The number of carbonyl (C=O) groups is 1. The summed E-state index contributed by atoms with van der Waals surface area (Å²) in [4.78, 5) is 14.2. The fourth-order valence-electron chi connectivity index (χ4n) is 4.01. The molecule has 1 unspecified atom stereocenters. The van der Waals surface area contributed by atoms with Crippen LogP contribution in [0.3, 0.4) is 0 Å². The summed E-state index contributed by atoms with van der Waals surface area (Å²) < 4.78 is 13.6. The lowest BCUT2D eigenvalue weighted by Crippen LogP contribution is -2.14. The Labute approximate surface area is 216 Å².